The average Bonchev–Trinajstić information content (AvgIpc) is 2.80. The molecule has 1 aliphatic carbocycles. The van der Waals surface area contributed by atoms with Gasteiger partial charge in [0.15, 0.2) is 17.5 Å². The molecule has 2 aromatic rings. The van der Waals surface area contributed by atoms with Crippen molar-refractivity contribution in [1.29, 1.82) is 0 Å². The Hall–Kier alpha value is -4.01. The Bertz CT molecular complexity index is 1040. The fourth-order valence-corrected chi connectivity index (χ4v) is 4.11. The highest BCUT2D eigenvalue weighted by Crippen LogP contribution is 2.43. The summed E-state index contributed by atoms with van der Waals surface area (Å²) in [5, 5.41) is 12.2. The van der Waals surface area contributed by atoms with E-state index in [1.807, 2.05) is 0 Å². The molecule has 178 valence electrons. The predicted octanol–water partition coefficient (Wildman–Crippen LogP) is 2.24. The third kappa shape index (κ3) is 4.98. The first-order valence-corrected chi connectivity index (χ1v) is 10.9. The van der Waals surface area contributed by atoms with Gasteiger partial charge in [-0.15, -0.1) is 0 Å². The van der Waals surface area contributed by atoms with Gasteiger partial charge in [-0.3, -0.25) is 24.0 Å². The maximum absolute atomic E-state index is 13.5. The molecule has 2 atom stereocenters. The Morgan fingerprint density at radius 2 is 1.32 bits per heavy atom. The van der Waals surface area contributed by atoms with Crippen molar-refractivity contribution in [2.24, 2.45) is 17.8 Å². The summed E-state index contributed by atoms with van der Waals surface area (Å²) in [5.74, 6) is -11.3. The Kier molecular flexibility index (Phi) is 7.78. The lowest BCUT2D eigenvalue weighted by molar-refractivity contribution is -0.164. The first-order valence-electron chi connectivity index (χ1n) is 10.9. The second-order valence-electron chi connectivity index (χ2n) is 7.67. The molecule has 1 fully saturated rings. The number of hydrogen-bond acceptors (Lipinski definition) is 8. The molecule has 1 amide bonds. The van der Waals surface area contributed by atoms with Crippen LogP contribution < -0.4 is 5.32 Å². The van der Waals surface area contributed by atoms with E-state index in [4.69, 9.17) is 9.47 Å². The molecule has 0 saturated heterocycles. The fraction of sp³-hybridized carbons (Fsp3) is 0.320. The standard InChI is InChI=1S/C25H25NO8/c1-3-33-24(31)18-17(14-10-12-16(27)13-11-14)19(25(32)34-4-2)22(29)20(21(18)28)23(30)26-15-8-6-5-7-9-15/h5-13,17-20,27H,3-4H2,1-2H3,(H,26,30). The second kappa shape index (κ2) is 10.7. The number of benzene rings is 2. The summed E-state index contributed by atoms with van der Waals surface area (Å²) < 4.78 is 10.2. The number of hydrogen-bond donors (Lipinski definition) is 2. The van der Waals surface area contributed by atoms with Gasteiger partial charge in [-0.1, -0.05) is 30.3 Å². The molecule has 2 unspecified atom stereocenters. The largest absolute Gasteiger partial charge is 0.508 e. The molecule has 9 heteroatoms. The van der Waals surface area contributed by atoms with Crippen LogP contribution in [0.5, 0.6) is 5.75 Å². The van der Waals surface area contributed by atoms with Crippen molar-refractivity contribution >= 4 is 35.1 Å². The Balaban J connectivity index is 2.11. The van der Waals surface area contributed by atoms with Crippen molar-refractivity contribution in [3.63, 3.8) is 0 Å². The van der Waals surface area contributed by atoms with Crippen LogP contribution in [0, 0.1) is 17.8 Å². The molecule has 0 aromatic heterocycles. The van der Waals surface area contributed by atoms with Crippen molar-refractivity contribution in [1.82, 2.24) is 0 Å². The number of nitrogens with one attached hydrogen (secondary N) is 1. The van der Waals surface area contributed by atoms with Gasteiger partial charge in [0.1, 0.15) is 17.6 Å². The summed E-state index contributed by atoms with van der Waals surface area (Å²) in [7, 11) is 0. The number of para-hydroxylation sites is 1. The number of ether oxygens (including phenoxy) is 2. The maximum atomic E-state index is 13.5. The highest BCUT2D eigenvalue weighted by Gasteiger charge is 2.58. The quantitative estimate of drug-likeness (QED) is 0.467. The first-order chi connectivity index (χ1) is 16.3. The van der Waals surface area contributed by atoms with Crippen LogP contribution >= 0.6 is 0 Å². The normalized spacial score (nSPS) is 22.1. The first kappa shape index (κ1) is 24.6. The van der Waals surface area contributed by atoms with Gasteiger partial charge in [0.05, 0.1) is 13.2 Å². The highest BCUT2D eigenvalue weighted by atomic mass is 16.5. The minimum Gasteiger partial charge on any atom is -0.508 e. The zero-order valence-electron chi connectivity index (χ0n) is 18.7. The highest BCUT2D eigenvalue weighted by molar-refractivity contribution is 6.30. The minimum atomic E-state index is -1.91. The molecule has 0 spiro atoms. The van der Waals surface area contributed by atoms with Crippen LogP contribution in [0.25, 0.3) is 0 Å². The fourth-order valence-electron chi connectivity index (χ4n) is 4.11. The molecular formula is C25H25NO8. The number of amides is 1. The molecule has 2 N–H and O–H groups in total. The number of esters is 2. The van der Waals surface area contributed by atoms with Gasteiger partial charge in [0.2, 0.25) is 5.91 Å². The lowest BCUT2D eigenvalue weighted by atomic mass is 9.63. The van der Waals surface area contributed by atoms with Gasteiger partial charge in [0.25, 0.3) is 0 Å². The Morgan fingerprint density at radius 1 is 0.824 bits per heavy atom. The molecule has 0 aliphatic heterocycles. The molecule has 9 nitrogen and oxygen atoms in total. The average molecular weight is 467 g/mol. The van der Waals surface area contributed by atoms with Gasteiger partial charge in [-0.05, 0) is 43.7 Å². The summed E-state index contributed by atoms with van der Waals surface area (Å²) in [6.45, 7) is 3.00. The van der Waals surface area contributed by atoms with Crippen LogP contribution in [-0.4, -0.2) is 47.7 Å². The summed E-state index contributed by atoms with van der Waals surface area (Å²) in [6.07, 6.45) is 0. The van der Waals surface area contributed by atoms with Crippen molar-refractivity contribution in [3.8, 4) is 5.75 Å². The van der Waals surface area contributed by atoms with Crippen LogP contribution in [0.2, 0.25) is 0 Å². The van der Waals surface area contributed by atoms with Crippen molar-refractivity contribution in [3.05, 3.63) is 60.2 Å². The monoisotopic (exact) mass is 467 g/mol. The predicted molar refractivity (Wildman–Crippen MR) is 120 cm³/mol. The number of carbonyl (C=O) groups excluding carboxylic acids is 5. The lowest BCUT2D eigenvalue weighted by Gasteiger charge is -2.37. The summed E-state index contributed by atoms with van der Waals surface area (Å²) in [4.78, 5) is 65.9. The third-order valence-corrected chi connectivity index (χ3v) is 5.56. The number of phenolic OH excluding ortho intramolecular Hbond substituents is 1. The van der Waals surface area contributed by atoms with Gasteiger partial charge >= 0.3 is 11.9 Å². The van der Waals surface area contributed by atoms with Gasteiger partial charge in [-0.25, -0.2) is 0 Å². The topological polar surface area (TPSA) is 136 Å². The van der Waals surface area contributed by atoms with E-state index in [1.54, 1.807) is 44.2 Å². The second-order valence-corrected chi connectivity index (χ2v) is 7.67. The van der Waals surface area contributed by atoms with Crippen LogP contribution in [0.4, 0.5) is 5.69 Å². The lowest BCUT2D eigenvalue weighted by Crippen LogP contribution is -2.55. The number of carbonyl (C=O) groups is 5. The van der Waals surface area contributed by atoms with Crippen LogP contribution in [0.1, 0.15) is 25.3 Å². The zero-order chi connectivity index (χ0) is 24.8. The SMILES string of the molecule is CCOC(=O)C1C(=O)C(C(=O)Nc2ccccc2)C(=O)C(C(=O)OCC)C1c1ccc(O)cc1. The van der Waals surface area contributed by atoms with E-state index in [0.717, 1.165) is 0 Å². The molecule has 2 aromatic carbocycles. The number of aromatic hydroxyl groups is 1. The van der Waals surface area contributed by atoms with E-state index in [-0.39, 0.29) is 24.5 Å². The molecule has 0 radical (unpaired) electrons. The molecule has 0 bridgehead atoms. The van der Waals surface area contributed by atoms with Crippen molar-refractivity contribution < 1.29 is 38.6 Å². The minimum absolute atomic E-state index is 0.0518. The molecule has 34 heavy (non-hydrogen) atoms. The summed E-state index contributed by atoms with van der Waals surface area (Å²) >= 11 is 0. The van der Waals surface area contributed by atoms with Crippen LogP contribution in [0.3, 0.4) is 0 Å². The maximum Gasteiger partial charge on any atom is 0.317 e. The summed E-state index contributed by atoms with van der Waals surface area (Å²) in [5.41, 5.74) is 0.617. The van der Waals surface area contributed by atoms with E-state index >= 15 is 0 Å². The van der Waals surface area contributed by atoms with E-state index < -0.39 is 53.1 Å². The zero-order valence-corrected chi connectivity index (χ0v) is 18.7. The number of Topliss-reactive ketones (excluding diaryl/α,β-unsaturated/α-hetero) is 2. The van der Waals surface area contributed by atoms with E-state index in [2.05, 4.69) is 5.32 Å². The van der Waals surface area contributed by atoms with Crippen LogP contribution in [-0.2, 0) is 33.4 Å². The summed E-state index contributed by atoms with van der Waals surface area (Å²) in [6, 6.07) is 13.6. The van der Waals surface area contributed by atoms with Crippen molar-refractivity contribution in [2.45, 2.75) is 19.8 Å². The van der Waals surface area contributed by atoms with Gasteiger partial charge in [0, 0.05) is 11.6 Å². The molecule has 1 saturated carbocycles. The molecule has 1 aliphatic rings. The Labute approximate surface area is 196 Å². The van der Waals surface area contributed by atoms with E-state index in [1.165, 1.54) is 24.3 Å². The van der Waals surface area contributed by atoms with Gasteiger partial charge < -0.3 is 19.9 Å². The van der Waals surface area contributed by atoms with E-state index in [9.17, 15) is 29.1 Å². The van der Waals surface area contributed by atoms with Crippen molar-refractivity contribution in [2.75, 3.05) is 18.5 Å². The van der Waals surface area contributed by atoms with Crippen LogP contribution in [0.15, 0.2) is 54.6 Å². The molecular weight excluding hydrogens is 442 g/mol. The third-order valence-electron chi connectivity index (χ3n) is 5.56. The number of anilines is 1. The molecule has 0 heterocycles. The number of phenols is 1. The van der Waals surface area contributed by atoms with Gasteiger partial charge in [-0.2, -0.15) is 0 Å². The Morgan fingerprint density at radius 3 is 1.79 bits per heavy atom. The van der Waals surface area contributed by atoms with E-state index in [0.29, 0.717) is 5.69 Å². The number of ketones is 2. The number of rotatable bonds is 7. The molecule has 3 rings (SSSR count). The smallest absolute Gasteiger partial charge is 0.317 e.